The van der Waals surface area contributed by atoms with E-state index in [-0.39, 0.29) is 0 Å². The van der Waals surface area contributed by atoms with Gasteiger partial charge in [-0.2, -0.15) is 0 Å². The summed E-state index contributed by atoms with van der Waals surface area (Å²) in [6, 6.07) is 3.86. The molecule has 0 aromatic carbocycles. The molecule has 0 aliphatic rings. The smallest absolute Gasteiger partial charge is 0.281 e. The molecular weight excluding hydrogens is 224 g/mol. The van der Waals surface area contributed by atoms with E-state index in [2.05, 4.69) is 20.5 Å². The van der Waals surface area contributed by atoms with Crippen LogP contribution in [-0.2, 0) is 0 Å². The van der Waals surface area contributed by atoms with Gasteiger partial charge in [0.15, 0.2) is 0 Å². The summed E-state index contributed by atoms with van der Waals surface area (Å²) in [4.78, 5) is 5.21. The van der Waals surface area contributed by atoms with Gasteiger partial charge in [0.1, 0.15) is 5.82 Å². The Bertz CT molecular complexity index is 471. The predicted octanol–water partition coefficient (Wildman–Crippen LogP) is 2.36. The van der Waals surface area contributed by atoms with Crippen LogP contribution >= 0.6 is 11.8 Å². The molecule has 0 aliphatic heterocycles. The molecule has 1 N–H and O–H groups in total. The third-order valence-electron chi connectivity index (χ3n) is 1.80. The van der Waals surface area contributed by atoms with Crippen LogP contribution in [0.4, 0.5) is 5.82 Å². The monoisotopic (exact) mass is 236 g/mol. The Morgan fingerprint density at radius 1 is 1.44 bits per heavy atom. The van der Waals surface area contributed by atoms with Crippen LogP contribution < -0.4 is 5.32 Å². The van der Waals surface area contributed by atoms with Crippen molar-refractivity contribution in [1.82, 2.24) is 15.2 Å². The van der Waals surface area contributed by atoms with E-state index < -0.39 is 0 Å². The molecule has 0 saturated heterocycles. The minimum Gasteiger partial charge on any atom is -0.416 e. The average molecular weight is 236 g/mol. The SMILES string of the molecule is CCNc1cc(Sc2nnc(C)o2)ccn1. The summed E-state index contributed by atoms with van der Waals surface area (Å²) in [6.45, 7) is 4.65. The van der Waals surface area contributed by atoms with Gasteiger partial charge in [-0.3, -0.25) is 0 Å². The highest BCUT2D eigenvalue weighted by Gasteiger charge is 2.05. The average Bonchev–Trinajstić information content (AvgIpc) is 2.65. The van der Waals surface area contributed by atoms with E-state index >= 15 is 0 Å². The number of pyridine rings is 1. The third-order valence-corrected chi connectivity index (χ3v) is 2.63. The standard InChI is InChI=1S/C10H12N4OS/c1-3-11-9-6-8(4-5-12-9)16-10-14-13-7(2)15-10/h4-6H,3H2,1-2H3,(H,11,12). The fourth-order valence-corrected chi connectivity index (χ4v) is 1.92. The van der Waals surface area contributed by atoms with Gasteiger partial charge in [-0.15, -0.1) is 10.2 Å². The van der Waals surface area contributed by atoms with Crippen molar-refractivity contribution in [3.8, 4) is 0 Å². The summed E-state index contributed by atoms with van der Waals surface area (Å²) in [6.07, 6.45) is 1.75. The number of anilines is 1. The molecule has 0 atom stereocenters. The first-order chi connectivity index (χ1) is 7.78. The fraction of sp³-hybridized carbons (Fsp3) is 0.300. The molecule has 0 bridgehead atoms. The topological polar surface area (TPSA) is 63.8 Å². The Labute approximate surface area is 97.7 Å². The van der Waals surface area contributed by atoms with Crippen LogP contribution in [0.1, 0.15) is 12.8 Å². The van der Waals surface area contributed by atoms with E-state index in [1.807, 2.05) is 19.1 Å². The molecule has 2 aromatic heterocycles. The van der Waals surface area contributed by atoms with Gasteiger partial charge in [-0.1, -0.05) is 0 Å². The molecule has 84 valence electrons. The molecule has 6 heteroatoms. The Hall–Kier alpha value is -1.56. The highest BCUT2D eigenvalue weighted by atomic mass is 32.2. The molecule has 0 amide bonds. The molecule has 2 rings (SSSR count). The van der Waals surface area contributed by atoms with Gasteiger partial charge < -0.3 is 9.73 Å². The maximum Gasteiger partial charge on any atom is 0.281 e. The lowest BCUT2D eigenvalue weighted by Crippen LogP contribution is -1.98. The van der Waals surface area contributed by atoms with Crippen LogP contribution in [0.3, 0.4) is 0 Å². The summed E-state index contributed by atoms with van der Waals surface area (Å²) in [7, 11) is 0. The van der Waals surface area contributed by atoms with Gasteiger partial charge in [-0.25, -0.2) is 4.98 Å². The number of hydrogen-bond acceptors (Lipinski definition) is 6. The van der Waals surface area contributed by atoms with E-state index in [0.29, 0.717) is 11.1 Å². The second kappa shape index (κ2) is 4.98. The lowest BCUT2D eigenvalue weighted by Gasteiger charge is -2.02. The van der Waals surface area contributed by atoms with E-state index in [1.165, 1.54) is 11.8 Å². The first kappa shape index (κ1) is 10.9. The van der Waals surface area contributed by atoms with Crippen LogP contribution in [0.2, 0.25) is 0 Å². The van der Waals surface area contributed by atoms with Crippen molar-refractivity contribution in [2.24, 2.45) is 0 Å². The fourth-order valence-electron chi connectivity index (χ4n) is 1.17. The summed E-state index contributed by atoms with van der Waals surface area (Å²) in [5.41, 5.74) is 0. The third kappa shape index (κ3) is 2.73. The minimum atomic E-state index is 0.547. The zero-order chi connectivity index (χ0) is 11.4. The van der Waals surface area contributed by atoms with Gasteiger partial charge in [-0.05, 0) is 30.8 Å². The van der Waals surface area contributed by atoms with E-state index in [1.54, 1.807) is 13.1 Å². The summed E-state index contributed by atoms with van der Waals surface area (Å²) >= 11 is 1.43. The minimum absolute atomic E-state index is 0.547. The highest BCUT2D eigenvalue weighted by Crippen LogP contribution is 2.27. The predicted molar refractivity (Wildman–Crippen MR) is 61.6 cm³/mol. The lowest BCUT2D eigenvalue weighted by molar-refractivity contribution is 0.429. The molecule has 2 aromatic rings. The maximum atomic E-state index is 5.29. The number of hydrogen-bond donors (Lipinski definition) is 1. The number of nitrogens with one attached hydrogen (secondary N) is 1. The zero-order valence-electron chi connectivity index (χ0n) is 9.10. The molecule has 5 nitrogen and oxygen atoms in total. The van der Waals surface area contributed by atoms with Crippen LogP contribution in [0, 0.1) is 6.92 Å². The number of aryl methyl sites for hydroxylation is 1. The van der Waals surface area contributed by atoms with Gasteiger partial charge in [0.05, 0.1) is 0 Å². The zero-order valence-corrected chi connectivity index (χ0v) is 9.91. The molecule has 0 unspecified atom stereocenters. The van der Waals surface area contributed by atoms with Gasteiger partial charge in [0.2, 0.25) is 5.89 Å². The van der Waals surface area contributed by atoms with E-state index in [4.69, 9.17) is 4.42 Å². The van der Waals surface area contributed by atoms with Crippen molar-refractivity contribution < 1.29 is 4.42 Å². The Morgan fingerprint density at radius 2 is 2.31 bits per heavy atom. The summed E-state index contributed by atoms with van der Waals surface area (Å²) in [5, 5.41) is 11.4. The van der Waals surface area contributed by atoms with Crippen molar-refractivity contribution in [2.75, 3.05) is 11.9 Å². The summed E-state index contributed by atoms with van der Waals surface area (Å²) < 4.78 is 5.29. The summed E-state index contributed by atoms with van der Waals surface area (Å²) in [5.74, 6) is 1.42. The van der Waals surface area contributed by atoms with Crippen LogP contribution in [0.5, 0.6) is 0 Å². The lowest BCUT2D eigenvalue weighted by atomic mass is 10.4. The van der Waals surface area contributed by atoms with Crippen LogP contribution in [-0.4, -0.2) is 21.7 Å². The Kier molecular flexibility index (Phi) is 3.40. The molecule has 0 spiro atoms. The quantitative estimate of drug-likeness (QED) is 0.879. The second-order valence-electron chi connectivity index (χ2n) is 3.10. The Balaban J connectivity index is 2.12. The Morgan fingerprint density at radius 3 is 3.00 bits per heavy atom. The van der Waals surface area contributed by atoms with Crippen molar-refractivity contribution in [3.63, 3.8) is 0 Å². The van der Waals surface area contributed by atoms with Crippen LogP contribution in [0.25, 0.3) is 0 Å². The molecule has 0 aliphatic carbocycles. The van der Waals surface area contributed by atoms with Crippen molar-refractivity contribution in [2.45, 2.75) is 24.0 Å². The van der Waals surface area contributed by atoms with Crippen molar-refractivity contribution >= 4 is 17.6 Å². The van der Waals surface area contributed by atoms with Gasteiger partial charge >= 0.3 is 0 Å². The van der Waals surface area contributed by atoms with Crippen molar-refractivity contribution in [3.05, 3.63) is 24.2 Å². The largest absolute Gasteiger partial charge is 0.416 e. The molecular formula is C10H12N4OS. The maximum absolute atomic E-state index is 5.29. The normalized spacial score (nSPS) is 10.4. The number of rotatable bonds is 4. The molecule has 0 radical (unpaired) electrons. The molecule has 0 fully saturated rings. The molecule has 16 heavy (non-hydrogen) atoms. The molecule has 2 heterocycles. The van der Waals surface area contributed by atoms with Gasteiger partial charge in [0.25, 0.3) is 5.22 Å². The van der Waals surface area contributed by atoms with Crippen molar-refractivity contribution in [1.29, 1.82) is 0 Å². The highest BCUT2D eigenvalue weighted by molar-refractivity contribution is 7.99. The molecule has 0 saturated carbocycles. The second-order valence-corrected chi connectivity index (χ2v) is 4.12. The van der Waals surface area contributed by atoms with Gasteiger partial charge in [0, 0.05) is 24.6 Å². The van der Waals surface area contributed by atoms with E-state index in [0.717, 1.165) is 17.3 Å². The number of aromatic nitrogens is 3. The van der Waals surface area contributed by atoms with E-state index in [9.17, 15) is 0 Å². The van der Waals surface area contributed by atoms with Crippen LogP contribution in [0.15, 0.2) is 32.9 Å². The first-order valence-corrected chi connectivity index (χ1v) is 5.77. The first-order valence-electron chi connectivity index (χ1n) is 4.96. The number of nitrogens with zero attached hydrogens (tertiary/aromatic N) is 3.